The Hall–Kier alpha value is -1.88. The number of hydrogen-bond acceptors (Lipinski definition) is 3. The monoisotopic (exact) mass is 289 g/mol. The van der Waals surface area contributed by atoms with E-state index < -0.39 is 5.60 Å². The van der Waals surface area contributed by atoms with Crippen LogP contribution in [0.15, 0.2) is 30.6 Å². The number of fused-ring (bicyclic) bond motifs is 1. The van der Waals surface area contributed by atoms with Gasteiger partial charge in [-0.25, -0.2) is 9.66 Å². The van der Waals surface area contributed by atoms with Gasteiger partial charge in [0, 0.05) is 0 Å². The van der Waals surface area contributed by atoms with Gasteiger partial charge in [0.1, 0.15) is 6.33 Å². The van der Waals surface area contributed by atoms with Crippen LogP contribution in [0.1, 0.15) is 46.0 Å². The van der Waals surface area contributed by atoms with E-state index in [-0.39, 0.29) is 12.3 Å². The third kappa shape index (κ3) is 3.82. The Kier molecular flexibility index (Phi) is 4.96. The van der Waals surface area contributed by atoms with E-state index in [2.05, 4.69) is 10.4 Å². The molecule has 0 fully saturated rings. The number of amides is 1. The zero-order valence-electron chi connectivity index (χ0n) is 12.7. The lowest BCUT2D eigenvalue weighted by Crippen LogP contribution is -2.35. The van der Waals surface area contributed by atoms with Gasteiger partial charge in [0.05, 0.1) is 23.1 Å². The van der Waals surface area contributed by atoms with Gasteiger partial charge in [-0.2, -0.15) is 0 Å². The first kappa shape index (κ1) is 15.5. The number of carbonyl (C=O) groups excluding carboxylic acids is 1. The van der Waals surface area contributed by atoms with E-state index in [1.807, 2.05) is 38.1 Å². The van der Waals surface area contributed by atoms with E-state index in [0.29, 0.717) is 12.8 Å². The van der Waals surface area contributed by atoms with E-state index in [1.54, 1.807) is 11.0 Å². The minimum absolute atomic E-state index is 0.112. The standard InChI is InChI=1S/C16H23N3O2/c1-3-9-16(21,10-4-2)11-15(20)18-19-12-17-13-7-5-6-8-14(13)19/h5-8,12,21H,3-4,9-11H2,1-2H3,(H,18,20). The average molecular weight is 289 g/mol. The first-order valence-electron chi connectivity index (χ1n) is 7.52. The number of aliphatic hydroxyl groups is 1. The van der Waals surface area contributed by atoms with Crippen molar-refractivity contribution in [3.63, 3.8) is 0 Å². The van der Waals surface area contributed by atoms with Gasteiger partial charge in [-0.05, 0) is 25.0 Å². The maximum atomic E-state index is 12.2. The summed E-state index contributed by atoms with van der Waals surface area (Å²) in [7, 11) is 0. The number of para-hydroxylation sites is 2. The number of imidazole rings is 1. The van der Waals surface area contributed by atoms with Gasteiger partial charge in [-0.15, -0.1) is 0 Å². The fourth-order valence-corrected chi connectivity index (χ4v) is 2.75. The molecule has 0 aliphatic carbocycles. The third-order valence-corrected chi connectivity index (χ3v) is 3.62. The van der Waals surface area contributed by atoms with Crippen molar-refractivity contribution in [2.75, 3.05) is 5.43 Å². The highest BCUT2D eigenvalue weighted by Gasteiger charge is 2.28. The molecule has 0 saturated heterocycles. The Labute approximate surface area is 125 Å². The summed E-state index contributed by atoms with van der Waals surface area (Å²) in [5.41, 5.74) is 3.56. The van der Waals surface area contributed by atoms with Gasteiger partial charge in [-0.1, -0.05) is 38.8 Å². The molecule has 0 bridgehead atoms. The van der Waals surface area contributed by atoms with Crippen molar-refractivity contribution in [2.24, 2.45) is 0 Å². The molecule has 2 N–H and O–H groups in total. The maximum absolute atomic E-state index is 12.2. The Bertz CT molecular complexity index is 600. The van der Waals surface area contributed by atoms with Crippen molar-refractivity contribution >= 4 is 16.9 Å². The van der Waals surface area contributed by atoms with Crippen molar-refractivity contribution in [1.29, 1.82) is 0 Å². The van der Waals surface area contributed by atoms with E-state index in [4.69, 9.17) is 0 Å². The lowest BCUT2D eigenvalue weighted by Gasteiger charge is -2.26. The highest BCUT2D eigenvalue weighted by atomic mass is 16.3. The number of nitrogens with one attached hydrogen (secondary N) is 1. The molecule has 21 heavy (non-hydrogen) atoms. The molecule has 1 amide bonds. The second-order valence-corrected chi connectivity index (χ2v) is 5.54. The van der Waals surface area contributed by atoms with Crippen LogP contribution in [0.25, 0.3) is 11.0 Å². The van der Waals surface area contributed by atoms with Gasteiger partial charge < -0.3 is 5.11 Å². The van der Waals surface area contributed by atoms with Crippen LogP contribution in [-0.2, 0) is 4.79 Å². The molecule has 1 heterocycles. The number of aromatic nitrogens is 2. The topological polar surface area (TPSA) is 67.2 Å². The first-order chi connectivity index (χ1) is 10.1. The molecule has 5 nitrogen and oxygen atoms in total. The molecule has 5 heteroatoms. The summed E-state index contributed by atoms with van der Waals surface area (Å²) in [6.07, 6.45) is 4.69. The zero-order valence-corrected chi connectivity index (χ0v) is 12.7. The molecule has 0 saturated carbocycles. The van der Waals surface area contributed by atoms with Crippen LogP contribution in [0.4, 0.5) is 0 Å². The molecule has 1 aromatic heterocycles. The smallest absolute Gasteiger partial charge is 0.241 e. The predicted octanol–water partition coefficient (Wildman–Crippen LogP) is 2.83. The molecule has 0 atom stereocenters. The van der Waals surface area contributed by atoms with Gasteiger partial charge in [0.15, 0.2) is 0 Å². The summed E-state index contributed by atoms with van der Waals surface area (Å²) in [6.45, 7) is 4.03. The highest BCUT2D eigenvalue weighted by Crippen LogP contribution is 2.23. The van der Waals surface area contributed by atoms with Crippen molar-refractivity contribution in [3.05, 3.63) is 30.6 Å². The van der Waals surface area contributed by atoms with E-state index in [0.717, 1.165) is 23.9 Å². The number of carbonyl (C=O) groups is 1. The van der Waals surface area contributed by atoms with Gasteiger partial charge in [0.2, 0.25) is 5.91 Å². The van der Waals surface area contributed by atoms with Crippen molar-refractivity contribution in [3.8, 4) is 0 Å². The molecular weight excluding hydrogens is 266 g/mol. The summed E-state index contributed by atoms with van der Waals surface area (Å²) in [5, 5.41) is 10.5. The van der Waals surface area contributed by atoms with Crippen LogP contribution < -0.4 is 5.43 Å². The first-order valence-corrected chi connectivity index (χ1v) is 7.52. The van der Waals surface area contributed by atoms with Crippen LogP contribution in [0.2, 0.25) is 0 Å². The van der Waals surface area contributed by atoms with Crippen molar-refractivity contribution in [2.45, 2.75) is 51.6 Å². The molecule has 114 valence electrons. The Morgan fingerprint density at radius 1 is 1.29 bits per heavy atom. The molecule has 0 aliphatic rings. The molecule has 2 aromatic rings. The summed E-state index contributed by atoms with van der Waals surface area (Å²) < 4.78 is 1.61. The fourth-order valence-electron chi connectivity index (χ4n) is 2.75. The summed E-state index contributed by atoms with van der Waals surface area (Å²) in [4.78, 5) is 16.4. The van der Waals surface area contributed by atoms with Crippen LogP contribution in [0, 0.1) is 0 Å². The van der Waals surface area contributed by atoms with Crippen LogP contribution in [0.3, 0.4) is 0 Å². The Morgan fingerprint density at radius 3 is 2.62 bits per heavy atom. The van der Waals surface area contributed by atoms with Crippen LogP contribution in [0.5, 0.6) is 0 Å². The molecule has 2 rings (SSSR count). The van der Waals surface area contributed by atoms with E-state index >= 15 is 0 Å². The highest BCUT2D eigenvalue weighted by molar-refractivity contribution is 5.87. The predicted molar refractivity (Wildman–Crippen MR) is 83.5 cm³/mol. The molecule has 0 radical (unpaired) electrons. The summed E-state index contributed by atoms with van der Waals surface area (Å²) >= 11 is 0. The summed E-state index contributed by atoms with van der Waals surface area (Å²) in [6, 6.07) is 7.59. The fraction of sp³-hybridized carbons (Fsp3) is 0.500. The summed E-state index contributed by atoms with van der Waals surface area (Å²) in [5.74, 6) is -0.192. The van der Waals surface area contributed by atoms with Gasteiger partial charge in [-0.3, -0.25) is 10.2 Å². The average Bonchev–Trinajstić information content (AvgIpc) is 2.82. The normalized spacial score (nSPS) is 11.8. The second kappa shape index (κ2) is 6.72. The third-order valence-electron chi connectivity index (χ3n) is 3.62. The lowest BCUT2D eigenvalue weighted by molar-refractivity contribution is -0.122. The molecule has 0 unspecified atom stereocenters. The molecule has 1 aromatic carbocycles. The van der Waals surface area contributed by atoms with Crippen LogP contribution in [-0.4, -0.2) is 26.3 Å². The largest absolute Gasteiger partial charge is 0.389 e. The second-order valence-electron chi connectivity index (χ2n) is 5.54. The van der Waals surface area contributed by atoms with Crippen LogP contribution >= 0.6 is 0 Å². The van der Waals surface area contributed by atoms with E-state index in [1.165, 1.54) is 0 Å². The number of benzene rings is 1. The minimum Gasteiger partial charge on any atom is -0.389 e. The number of nitrogens with zero attached hydrogens (tertiary/aromatic N) is 2. The Morgan fingerprint density at radius 2 is 1.95 bits per heavy atom. The van der Waals surface area contributed by atoms with Gasteiger partial charge >= 0.3 is 0 Å². The SMILES string of the molecule is CCCC(O)(CCC)CC(=O)Nn1cnc2ccccc21. The Balaban J connectivity index is 2.07. The number of rotatable bonds is 7. The van der Waals surface area contributed by atoms with Crippen molar-refractivity contribution in [1.82, 2.24) is 9.66 Å². The van der Waals surface area contributed by atoms with E-state index in [9.17, 15) is 9.90 Å². The quantitative estimate of drug-likeness (QED) is 0.823. The van der Waals surface area contributed by atoms with Crippen molar-refractivity contribution < 1.29 is 9.90 Å². The number of hydrogen-bond donors (Lipinski definition) is 2. The minimum atomic E-state index is -0.913. The lowest BCUT2D eigenvalue weighted by atomic mass is 9.89. The molecule has 0 spiro atoms. The zero-order chi connectivity index (χ0) is 15.3. The molecule has 0 aliphatic heterocycles. The molecular formula is C16H23N3O2. The van der Waals surface area contributed by atoms with Gasteiger partial charge in [0.25, 0.3) is 0 Å². The maximum Gasteiger partial charge on any atom is 0.241 e.